The number of allylic oxidation sites excluding steroid dienone is 2. The highest BCUT2D eigenvalue weighted by atomic mass is 31.2. The summed E-state index contributed by atoms with van der Waals surface area (Å²) in [6.45, 7) is 12.4. The summed E-state index contributed by atoms with van der Waals surface area (Å²) >= 11 is 0. The van der Waals surface area contributed by atoms with Crippen LogP contribution in [0.15, 0.2) is 11.4 Å². The lowest BCUT2D eigenvalue weighted by Gasteiger charge is -2.21. The van der Waals surface area contributed by atoms with E-state index in [1.54, 1.807) is 6.92 Å². The molecule has 0 saturated heterocycles. The molecule has 0 amide bonds. The SMILES string of the molecule is CCOP(=O)(OCC)/C(C)=C/C(C)(C)C. The van der Waals surface area contributed by atoms with Crippen molar-refractivity contribution in [2.75, 3.05) is 13.2 Å². The van der Waals surface area contributed by atoms with E-state index in [2.05, 4.69) is 20.8 Å². The summed E-state index contributed by atoms with van der Waals surface area (Å²) < 4.78 is 22.8. The van der Waals surface area contributed by atoms with Crippen molar-refractivity contribution in [3.8, 4) is 0 Å². The monoisotopic (exact) mass is 234 g/mol. The Morgan fingerprint density at radius 2 is 1.60 bits per heavy atom. The second-order valence-electron chi connectivity index (χ2n) is 4.48. The fourth-order valence-electron chi connectivity index (χ4n) is 1.29. The summed E-state index contributed by atoms with van der Waals surface area (Å²) in [5, 5.41) is 0.693. The third kappa shape index (κ3) is 5.50. The first-order valence-electron chi connectivity index (χ1n) is 5.34. The van der Waals surface area contributed by atoms with E-state index in [4.69, 9.17) is 9.05 Å². The van der Waals surface area contributed by atoms with Gasteiger partial charge < -0.3 is 9.05 Å². The van der Waals surface area contributed by atoms with Crippen molar-refractivity contribution >= 4 is 7.60 Å². The molecular weight excluding hydrogens is 211 g/mol. The molecule has 0 spiro atoms. The van der Waals surface area contributed by atoms with Crippen molar-refractivity contribution in [3.05, 3.63) is 11.4 Å². The molecule has 0 unspecified atom stereocenters. The van der Waals surface area contributed by atoms with Gasteiger partial charge in [0.1, 0.15) is 0 Å². The molecule has 0 aromatic heterocycles. The highest BCUT2D eigenvalue weighted by Crippen LogP contribution is 2.56. The molecule has 0 aromatic rings. The van der Waals surface area contributed by atoms with E-state index in [1.807, 2.05) is 19.9 Å². The highest BCUT2D eigenvalue weighted by molar-refractivity contribution is 7.58. The van der Waals surface area contributed by atoms with E-state index in [9.17, 15) is 4.57 Å². The van der Waals surface area contributed by atoms with Crippen molar-refractivity contribution in [2.24, 2.45) is 5.41 Å². The molecule has 0 saturated carbocycles. The number of rotatable bonds is 5. The Morgan fingerprint density at radius 3 is 1.87 bits per heavy atom. The summed E-state index contributed by atoms with van der Waals surface area (Å²) in [7, 11) is -3.05. The summed E-state index contributed by atoms with van der Waals surface area (Å²) in [4.78, 5) is 0. The molecule has 0 N–H and O–H groups in total. The Morgan fingerprint density at radius 1 is 1.20 bits per heavy atom. The zero-order valence-corrected chi connectivity index (χ0v) is 11.6. The summed E-state index contributed by atoms with van der Waals surface area (Å²) in [6, 6.07) is 0. The van der Waals surface area contributed by atoms with Crippen molar-refractivity contribution in [3.63, 3.8) is 0 Å². The van der Waals surface area contributed by atoms with E-state index >= 15 is 0 Å². The average molecular weight is 234 g/mol. The minimum atomic E-state index is -3.05. The Kier molecular flexibility index (Phi) is 5.79. The smallest absolute Gasteiger partial charge is 0.306 e. The molecule has 0 heterocycles. The summed E-state index contributed by atoms with van der Waals surface area (Å²) in [6.07, 6.45) is 1.94. The average Bonchev–Trinajstić information content (AvgIpc) is 2.01. The zero-order valence-electron chi connectivity index (χ0n) is 10.7. The fraction of sp³-hybridized carbons (Fsp3) is 0.818. The number of hydrogen-bond donors (Lipinski definition) is 0. The van der Waals surface area contributed by atoms with Gasteiger partial charge in [0.25, 0.3) is 0 Å². The molecule has 0 radical (unpaired) electrons. The van der Waals surface area contributed by atoms with Crippen LogP contribution in [-0.4, -0.2) is 13.2 Å². The van der Waals surface area contributed by atoms with Crippen LogP contribution in [0.4, 0.5) is 0 Å². The van der Waals surface area contributed by atoms with Crippen LogP contribution in [0.25, 0.3) is 0 Å². The van der Waals surface area contributed by atoms with Crippen LogP contribution in [0.5, 0.6) is 0 Å². The molecule has 0 aliphatic heterocycles. The first-order chi connectivity index (χ1) is 6.75. The van der Waals surface area contributed by atoms with E-state index < -0.39 is 7.60 Å². The fourth-order valence-corrected chi connectivity index (χ4v) is 2.99. The van der Waals surface area contributed by atoms with Crippen molar-refractivity contribution in [1.29, 1.82) is 0 Å². The predicted molar refractivity (Wildman–Crippen MR) is 64.1 cm³/mol. The second-order valence-corrected chi connectivity index (χ2v) is 6.70. The van der Waals surface area contributed by atoms with Gasteiger partial charge in [-0.15, -0.1) is 0 Å². The first kappa shape index (κ1) is 14.9. The van der Waals surface area contributed by atoms with Crippen LogP contribution < -0.4 is 0 Å². The van der Waals surface area contributed by atoms with Crippen LogP contribution in [0.2, 0.25) is 0 Å². The van der Waals surface area contributed by atoms with Crippen LogP contribution in [-0.2, 0) is 13.6 Å². The van der Waals surface area contributed by atoms with Crippen LogP contribution in [0.1, 0.15) is 41.5 Å². The molecule has 0 rings (SSSR count). The molecule has 0 aliphatic rings. The third-order valence-electron chi connectivity index (χ3n) is 1.67. The van der Waals surface area contributed by atoms with Gasteiger partial charge in [0.05, 0.1) is 13.2 Å². The van der Waals surface area contributed by atoms with Gasteiger partial charge in [-0.2, -0.15) is 0 Å². The molecule has 0 fully saturated rings. The minimum absolute atomic E-state index is 0.0199. The maximum atomic E-state index is 12.3. The lowest BCUT2D eigenvalue weighted by atomic mass is 9.96. The van der Waals surface area contributed by atoms with Gasteiger partial charge in [-0.3, -0.25) is 4.57 Å². The van der Waals surface area contributed by atoms with Crippen molar-refractivity contribution in [2.45, 2.75) is 41.5 Å². The molecule has 0 aliphatic carbocycles. The largest absolute Gasteiger partial charge is 0.356 e. The lowest BCUT2D eigenvalue weighted by Crippen LogP contribution is -2.03. The van der Waals surface area contributed by atoms with Gasteiger partial charge in [-0.25, -0.2) is 0 Å². The summed E-state index contributed by atoms with van der Waals surface area (Å²) in [5.74, 6) is 0. The van der Waals surface area contributed by atoms with Gasteiger partial charge in [-0.05, 0) is 26.2 Å². The molecule has 4 heteroatoms. The molecule has 0 bridgehead atoms. The molecule has 0 atom stereocenters. The normalized spacial score (nSPS) is 14.4. The zero-order chi connectivity index (χ0) is 12.1. The summed E-state index contributed by atoms with van der Waals surface area (Å²) in [5.41, 5.74) is -0.0199. The standard InChI is InChI=1S/C11H23O3P/c1-7-13-15(12,14-8-2)10(3)9-11(4,5)6/h9H,7-8H2,1-6H3/b10-9+. The van der Waals surface area contributed by atoms with Gasteiger partial charge in [0, 0.05) is 5.31 Å². The van der Waals surface area contributed by atoms with Gasteiger partial charge >= 0.3 is 7.60 Å². The van der Waals surface area contributed by atoms with E-state index in [-0.39, 0.29) is 5.41 Å². The molecule has 3 nitrogen and oxygen atoms in total. The van der Waals surface area contributed by atoms with Gasteiger partial charge in [0.2, 0.25) is 0 Å². The Hall–Kier alpha value is -0.110. The molecule has 15 heavy (non-hydrogen) atoms. The minimum Gasteiger partial charge on any atom is -0.306 e. The Labute approximate surface area is 93.4 Å². The Bertz CT molecular complexity index is 253. The lowest BCUT2D eigenvalue weighted by molar-refractivity contribution is 0.226. The van der Waals surface area contributed by atoms with E-state index in [0.717, 1.165) is 0 Å². The van der Waals surface area contributed by atoms with Crippen molar-refractivity contribution in [1.82, 2.24) is 0 Å². The molecule has 90 valence electrons. The molecule has 0 aromatic carbocycles. The van der Waals surface area contributed by atoms with E-state index in [1.165, 1.54) is 0 Å². The van der Waals surface area contributed by atoms with Crippen LogP contribution >= 0.6 is 7.60 Å². The molecular formula is C11H23O3P. The van der Waals surface area contributed by atoms with Gasteiger partial charge in [-0.1, -0.05) is 26.8 Å². The highest BCUT2D eigenvalue weighted by Gasteiger charge is 2.27. The maximum Gasteiger partial charge on any atom is 0.356 e. The topological polar surface area (TPSA) is 35.5 Å². The Balaban J connectivity index is 4.93. The quantitative estimate of drug-likeness (QED) is 0.669. The van der Waals surface area contributed by atoms with Crippen LogP contribution in [0, 0.1) is 5.41 Å². The second kappa shape index (κ2) is 5.83. The van der Waals surface area contributed by atoms with Gasteiger partial charge in [0.15, 0.2) is 0 Å². The van der Waals surface area contributed by atoms with E-state index in [0.29, 0.717) is 18.5 Å². The maximum absolute atomic E-state index is 12.3. The predicted octanol–water partition coefficient (Wildman–Crippen LogP) is 4.20. The van der Waals surface area contributed by atoms with Crippen LogP contribution in [0.3, 0.4) is 0 Å². The third-order valence-corrected chi connectivity index (χ3v) is 3.86. The van der Waals surface area contributed by atoms with Crippen molar-refractivity contribution < 1.29 is 13.6 Å². The number of hydrogen-bond acceptors (Lipinski definition) is 3. The first-order valence-corrected chi connectivity index (χ1v) is 6.88.